The zero-order valence-electron chi connectivity index (χ0n) is 14.2. The molecule has 0 aliphatic carbocycles. The van der Waals surface area contributed by atoms with Gasteiger partial charge in [-0.3, -0.25) is 0 Å². The Morgan fingerprint density at radius 2 is 2.00 bits per heavy atom. The number of hydrogen-bond acceptors (Lipinski definition) is 3. The third-order valence-corrected chi connectivity index (χ3v) is 4.27. The van der Waals surface area contributed by atoms with Gasteiger partial charge in [0.25, 0.3) is 0 Å². The molecule has 1 saturated heterocycles. The number of hydrogen-bond donors (Lipinski definition) is 1. The topological polar surface area (TPSA) is 28.2 Å². The summed E-state index contributed by atoms with van der Waals surface area (Å²) < 4.78 is 0. The number of nitrogens with zero attached hydrogens (tertiary/aromatic N) is 2. The van der Waals surface area contributed by atoms with Crippen molar-refractivity contribution in [1.82, 2.24) is 10.3 Å². The van der Waals surface area contributed by atoms with Crippen LogP contribution in [0, 0.1) is 5.92 Å². The molecule has 2 rings (SSSR count). The lowest BCUT2D eigenvalue weighted by atomic mass is 9.92. The quantitative estimate of drug-likeness (QED) is 0.888. The Labute approximate surface area is 130 Å². The zero-order chi connectivity index (χ0) is 15.3. The van der Waals surface area contributed by atoms with E-state index in [0.29, 0.717) is 0 Å². The van der Waals surface area contributed by atoms with Crippen molar-refractivity contribution in [2.24, 2.45) is 5.92 Å². The molecule has 0 bridgehead atoms. The molecular formula is C18H31N3. The third kappa shape index (κ3) is 5.31. The van der Waals surface area contributed by atoms with Crippen LogP contribution in [-0.4, -0.2) is 23.6 Å². The molecule has 0 unspecified atom stereocenters. The second kappa shape index (κ2) is 7.26. The summed E-state index contributed by atoms with van der Waals surface area (Å²) in [6.07, 6.45) is 7.29. The lowest BCUT2D eigenvalue weighted by Gasteiger charge is -2.33. The van der Waals surface area contributed by atoms with Gasteiger partial charge in [0.05, 0.1) is 0 Å². The lowest BCUT2D eigenvalue weighted by Crippen LogP contribution is -2.36. The predicted octanol–water partition coefficient (Wildman–Crippen LogP) is 3.99. The highest BCUT2D eigenvalue weighted by molar-refractivity contribution is 5.41. The van der Waals surface area contributed by atoms with Gasteiger partial charge < -0.3 is 10.2 Å². The number of piperidine rings is 1. The molecule has 1 aromatic heterocycles. The first-order valence-corrected chi connectivity index (χ1v) is 8.43. The van der Waals surface area contributed by atoms with Crippen LogP contribution in [0.1, 0.15) is 58.9 Å². The molecule has 0 amide bonds. The van der Waals surface area contributed by atoms with E-state index in [-0.39, 0.29) is 5.54 Å². The number of anilines is 1. The Hall–Kier alpha value is -1.09. The summed E-state index contributed by atoms with van der Waals surface area (Å²) in [6, 6.07) is 4.37. The SMILES string of the molecule is CCCC1CCN(c2cc(CNC(C)(C)C)ccn2)CC1. The number of nitrogens with one attached hydrogen (secondary N) is 1. The fourth-order valence-corrected chi connectivity index (χ4v) is 2.97. The van der Waals surface area contributed by atoms with E-state index in [1.54, 1.807) is 0 Å². The van der Waals surface area contributed by atoms with Gasteiger partial charge in [0.2, 0.25) is 0 Å². The minimum atomic E-state index is 0.155. The van der Waals surface area contributed by atoms with E-state index in [9.17, 15) is 0 Å². The van der Waals surface area contributed by atoms with E-state index >= 15 is 0 Å². The zero-order valence-corrected chi connectivity index (χ0v) is 14.2. The fourth-order valence-electron chi connectivity index (χ4n) is 2.97. The molecule has 1 aliphatic rings. The first-order valence-electron chi connectivity index (χ1n) is 8.43. The largest absolute Gasteiger partial charge is 0.357 e. The molecule has 1 N–H and O–H groups in total. The maximum atomic E-state index is 4.58. The minimum Gasteiger partial charge on any atom is -0.357 e. The maximum Gasteiger partial charge on any atom is 0.128 e. The highest BCUT2D eigenvalue weighted by atomic mass is 15.2. The van der Waals surface area contributed by atoms with Gasteiger partial charge in [0.15, 0.2) is 0 Å². The van der Waals surface area contributed by atoms with E-state index in [0.717, 1.165) is 31.4 Å². The summed E-state index contributed by atoms with van der Waals surface area (Å²) in [5, 5.41) is 3.55. The summed E-state index contributed by atoms with van der Waals surface area (Å²) in [5.41, 5.74) is 1.48. The predicted molar refractivity (Wildman–Crippen MR) is 90.7 cm³/mol. The van der Waals surface area contributed by atoms with Gasteiger partial charge in [0, 0.05) is 31.4 Å². The molecule has 118 valence electrons. The van der Waals surface area contributed by atoms with E-state index < -0.39 is 0 Å². The highest BCUT2D eigenvalue weighted by Gasteiger charge is 2.19. The summed E-state index contributed by atoms with van der Waals surface area (Å²) in [4.78, 5) is 7.03. The Morgan fingerprint density at radius 1 is 1.29 bits per heavy atom. The summed E-state index contributed by atoms with van der Waals surface area (Å²) in [5.74, 6) is 2.08. The van der Waals surface area contributed by atoms with Gasteiger partial charge in [-0.15, -0.1) is 0 Å². The standard InChI is InChI=1S/C18H31N3/c1-5-6-15-8-11-21(12-9-15)17-13-16(7-10-19-17)14-20-18(2,3)4/h7,10,13,15,20H,5-6,8-9,11-12,14H2,1-4H3. The van der Waals surface area contributed by atoms with Crippen molar-refractivity contribution in [1.29, 1.82) is 0 Å². The van der Waals surface area contributed by atoms with Crippen LogP contribution in [-0.2, 0) is 6.54 Å². The van der Waals surface area contributed by atoms with Crippen LogP contribution in [0.3, 0.4) is 0 Å². The molecule has 1 fully saturated rings. The number of rotatable bonds is 5. The van der Waals surface area contributed by atoms with Crippen LogP contribution in [0.15, 0.2) is 18.3 Å². The molecule has 3 heteroatoms. The van der Waals surface area contributed by atoms with Crippen molar-refractivity contribution in [3.05, 3.63) is 23.9 Å². The lowest BCUT2D eigenvalue weighted by molar-refractivity contribution is 0.377. The van der Waals surface area contributed by atoms with Gasteiger partial charge in [-0.1, -0.05) is 19.8 Å². The smallest absolute Gasteiger partial charge is 0.128 e. The molecule has 1 aliphatic heterocycles. The van der Waals surface area contributed by atoms with Crippen molar-refractivity contribution >= 4 is 5.82 Å². The second-order valence-electron chi connectivity index (χ2n) is 7.34. The van der Waals surface area contributed by atoms with Gasteiger partial charge in [-0.05, 0) is 57.2 Å². The molecule has 21 heavy (non-hydrogen) atoms. The van der Waals surface area contributed by atoms with Gasteiger partial charge >= 0.3 is 0 Å². The Morgan fingerprint density at radius 3 is 2.62 bits per heavy atom. The molecule has 0 saturated carbocycles. The fraction of sp³-hybridized carbons (Fsp3) is 0.722. The highest BCUT2D eigenvalue weighted by Crippen LogP contribution is 2.25. The van der Waals surface area contributed by atoms with Crippen LogP contribution >= 0.6 is 0 Å². The average molecular weight is 289 g/mol. The first kappa shape index (κ1) is 16.3. The Bertz CT molecular complexity index is 428. The molecule has 2 heterocycles. The first-order chi connectivity index (χ1) is 9.98. The van der Waals surface area contributed by atoms with Crippen LogP contribution < -0.4 is 10.2 Å². The number of aromatic nitrogens is 1. The maximum absolute atomic E-state index is 4.58. The van der Waals surface area contributed by atoms with Crippen LogP contribution in [0.5, 0.6) is 0 Å². The number of pyridine rings is 1. The summed E-state index contributed by atoms with van der Waals surface area (Å²) >= 11 is 0. The van der Waals surface area contributed by atoms with E-state index in [2.05, 4.69) is 55.0 Å². The van der Waals surface area contributed by atoms with Gasteiger partial charge in [-0.25, -0.2) is 4.98 Å². The van der Waals surface area contributed by atoms with Crippen molar-refractivity contribution in [3.63, 3.8) is 0 Å². The molecule has 0 spiro atoms. The average Bonchev–Trinajstić information content (AvgIpc) is 2.46. The molecule has 0 atom stereocenters. The van der Waals surface area contributed by atoms with Gasteiger partial charge in [-0.2, -0.15) is 0 Å². The molecule has 3 nitrogen and oxygen atoms in total. The van der Waals surface area contributed by atoms with E-state index in [4.69, 9.17) is 0 Å². The summed E-state index contributed by atoms with van der Waals surface area (Å²) in [6.45, 7) is 12.1. The van der Waals surface area contributed by atoms with Gasteiger partial charge in [0.1, 0.15) is 5.82 Å². The normalized spacial score (nSPS) is 17.2. The van der Waals surface area contributed by atoms with Crippen LogP contribution in [0.4, 0.5) is 5.82 Å². The second-order valence-corrected chi connectivity index (χ2v) is 7.34. The van der Waals surface area contributed by atoms with Crippen molar-refractivity contribution < 1.29 is 0 Å². The third-order valence-electron chi connectivity index (χ3n) is 4.27. The monoisotopic (exact) mass is 289 g/mol. The Kier molecular flexibility index (Phi) is 5.63. The van der Waals surface area contributed by atoms with Crippen molar-refractivity contribution in [2.75, 3.05) is 18.0 Å². The van der Waals surface area contributed by atoms with Crippen molar-refractivity contribution in [3.8, 4) is 0 Å². The summed E-state index contributed by atoms with van der Waals surface area (Å²) in [7, 11) is 0. The van der Waals surface area contributed by atoms with Crippen LogP contribution in [0.25, 0.3) is 0 Å². The van der Waals surface area contributed by atoms with E-state index in [1.807, 2.05) is 6.20 Å². The molecular weight excluding hydrogens is 258 g/mol. The molecule has 0 radical (unpaired) electrons. The molecule has 0 aromatic carbocycles. The molecule has 1 aromatic rings. The van der Waals surface area contributed by atoms with Crippen LogP contribution in [0.2, 0.25) is 0 Å². The Balaban J connectivity index is 1.92. The van der Waals surface area contributed by atoms with Crippen molar-refractivity contribution in [2.45, 2.75) is 65.5 Å². The van der Waals surface area contributed by atoms with E-state index in [1.165, 1.54) is 31.2 Å². The minimum absolute atomic E-state index is 0.155.